The van der Waals surface area contributed by atoms with E-state index in [1.807, 2.05) is 19.9 Å². The number of likely N-dealkylation sites (N-methyl/N-ethyl adjacent to an activating group) is 1. The predicted octanol–water partition coefficient (Wildman–Crippen LogP) is 2.05. The molecule has 0 radical (unpaired) electrons. The van der Waals surface area contributed by atoms with Gasteiger partial charge in [0.05, 0.1) is 11.7 Å². The van der Waals surface area contributed by atoms with Crippen LogP contribution in [0.4, 0.5) is 5.69 Å². The van der Waals surface area contributed by atoms with Crippen molar-refractivity contribution in [2.24, 2.45) is 5.92 Å². The molecule has 1 fully saturated rings. The number of carbonyl (C=O) groups excluding carboxylic acids is 1. The van der Waals surface area contributed by atoms with Crippen LogP contribution in [0.3, 0.4) is 0 Å². The maximum Gasteiger partial charge on any atom is 0.244 e. The minimum absolute atomic E-state index is 0.0983. The molecule has 104 valence electrons. The van der Waals surface area contributed by atoms with Gasteiger partial charge in [-0.3, -0.25) is 4.79 Å². The van der Waals surface area contributed by atoms with Crippen LogP contribution in [0.2, 0.25) is 0 Å². The average molecular weight is 262 g/mol. The highest BCUT2D eigenvalue weighted by Crippen LogP contribution is 2.27. The molecule has 19 heavy (non-hydrogen) atoms. The lowest BCUT2D eigenvalue weighted by Gasteiger charge is -2.27. The minimum Gasteiger partial charge on any atom is -0.508 e. The normalized spacial score (nSPS) is 22.5. The summed E-state index contributed by atoms with van der Waals surface area (Å²) < 4.78 is 0. The first kappa shape index (κ1) is 13.9. The Hall–Kier alpha value is -1.55. The molecular weight excluding hydrogens is 240 g/mol. The third-order valence-electron chi connectivity index (χ3n) is 3.86. The topological polar surface area (TPSA) is 52.6 Å². The molecule has 2 N–H and O–H groups in total. The van der Waals surface area contributed by atoms with Gasteiger partial charge in [-0.25, -0.2) is 0 Å². The molecule has 1 amide bonds. The smallest absolute Gasteiger partial charge is 0.244 e. The highest BCUT2D eigenvalue weighted by atomic mass is 16.3. The molecule has 4 nitrogen and oxygen atoms in total. The number of aryl methyl sites for hydroxylation is 1. The van der Waals surface area contributed by atoms with Crippen LogP contribution in [-0.2, 0) is 4.79 Å². The summed E-state index contributed by atoms with van der Waals surface area (Å²) in [5.41, 5.74) is 1.80. The van der Waals surface area contributed by atoms with Crippen molar-refractivity contribution in [3.05, 3.63) is 23.8 Å². The number of benzene rings is 1. The molecule has 1 aliphatic heterocycles. The van der Waals surface area contributed by atoms with E-state index in [0.717, 1.165) is 24.2 Å². The largest absolute Gasteiger partial charge is 0.508 e. The molecule has 1 heterocycles. The van der Waals surface area contributed by atoms with E-state index in [4.69, 9.17) is 0 Å². The van der Waals surface area contributed by atoms with E-state index in [-0.39, 0.29) is 17.7 Å². The summed E-state index contributed by atoms with van der Waals surface area (Å²) in [5, 5.41) is 12.9. The highest BCUT2D eigenvalue weighted by molar-refractivity contribution is 5.98. The Morgan fingerprint density at radius 1 is 1.53 bits per heavy atom. The molecule has 1 saturated heterocycles. The number of amides is 1. The molecule has 2 atom stereocenters. The van der Waals surface area contributed by atoms with Crippen molar-refractivity contribution in [2.45, 2.75) is 33.2 Å². The van der Waals surface area contributed by atoms with E-state index in [9.17, 15) is 9.90 Å². The Morgan fingerprint density at radius 3 is 2.84 bits per heavy atom. The Morgan fingerprint density at radius 2 is 2.26 bits per heavy atom. The van der Waals surface area contributed by atoms with E-state index >= 15 is 0 Å². The Bertz CT molecular complexity index is 473. The van der Waals surface area contributed by atoms with E-state index < -0.39 is 0 Å². The quantitative estimate of drug-likeness (QED) is 0.876. The van der Waals surface area contributed by atoms with Crippen molar-refractivity contribution in [3.63, 3.8) is 0 Å². The van der Waals surface area contributed by atoms with Crippen LogP contribution in [0, 0.1) is 12.8 Å². The van der Waals surface area contributed by atoms with Gasteiger partial charge in [0.2, 0.25) is 5.91 Å². The van der Waals surface area contributed by atoms with Gasteiger partial charge in [0.25, 0.3) is 0 Å². The zero-order chi connectivity index (χ0) is 14.0. The summed E-state index contributed by atoms with van der Waals surface area (Å²) in [5.74, 6) is 0.652. The molecule has 2 rings (SSSR count). The van der Waals surface area contributed by atoms with Gasteiger partial charge >= 0.3 is 0 Å². The molecular formula is C15H22N2O2. The lowest BCUT2D eigenvalue weighted by Crippen LogP contribution is -2.46. The molecule has 1 aromatic rings. The minimum atomic E-state index is -0.110. The number of nitrogens with one attached hydrogen (secondary N) is 1. The molecule has 0 bridgehead atoms. The number of carbonyl (C=O) groups is 1. The Balaban J connectivity index is 2.28. The molecule has 4 heteroatoms. The van der Waals surface area contributed by atoms with E-state index in [0.29, 0.717) is 12.5 Å². The molecule has 1 aliphatic rings. The lowest BCUT2D eigenvalue weighted by molar-refractivity contribution is -0.121. The zero-order valence-corrected chi connectivity index (χ0v) is 11.8. The molecule has 0 aromatic heterocycles. The number of phenolic OH excluding ortho intramolecular Hbond substituents is 1. The predicted molar refractivity (Wildman–Crippen MR) is 76.4 cm³/mol. The van der Waals surface area contributed by atoms with Crippen molar-refractivity contribution in [1.82, 2.24) is 5.32 Å². The number of rotatable bonds is 3. The van der Waals surface area contributed by atoms with Gasteiger partial charge in [0.15, 0.2) is 0 Å². The van der Waals surface area contributed by atoms with Crippen molar-refractivity contribution >= 4 is 11.6 Å². The maximum atomic E-state index is 12.6. The maximum absolute atomic E-state index is 12.6. The molecule has 0 aliphatic carbocycles. The molecule has 0 saturated carbocycles. The number of hydrogen-bond donors (Lipinski definition) is 2. The van der Waals surface area contributed by atoms with Crippen LogP contribution < -0.4 is 10.2 Å². The number of hydrogen-bond acceptors (Lipinski definition) is 3. The van der Waals surface area contributed by atoms with E-state index in [1.54, 1.807) is 17.0 Å². The Kier molecular flexibility index (Phi) is 4.10. The van der Waals surface area contributed by atoms with Crippen LogP contribution in [0.1, 0.15) is 25.8 Å². The summed E-state index contributed by atoms with van der Waals surface area (Å²) in [6, 6.07) is 5.04. The standard InChI is InChI=1S/C15H22N2O2/c1-4-17(13-9-12(18)6-5-10(13)2)15(19)14-11(3)7-8-16-14/h5-6,9,11,14,16,18H,4,7-8H2,1-3H3. The van der Waals surface area contributed by atoms with E-state index in [2.05, 4.69) is 12.2 Å². The number of nitrogens with zero attached hydrogens (tertiary/aromatic N) is 1. The fraction of sp³-hybridized carbons (Fsp3) is 0.533. The first-order valence-electron chi connectivity index (χ1n) is 6.89. The molecule has 1 aromatic carbocycles. The van der Waals surface area contributed by atoms with Crippen molar-refractivity contribution in [1.29, 1.82) is 0 Å². The van der Waals surface area contributed by atoms with Crippen LogP contribution in [-0.4, -0.2) is 30.1 Å². The van der Waals surface area contributed by atoms with Gasteiger partial charge in [-0.15, -0.1) is 0 Å². The van der Waals surface area contributed by atoms with Gasteiger partial charge < -0.3 is 15.3 Å². The van der Waals surface area contributed by atoms with Crippen molar-refractivity contribution in [3.8, 4) is 5.75 Å². The fourth-order valence-corrected chi connectivity index (χ4v) is 2.67. The first-order chi connectivity index (χ1) is 9.04. The number of anilines is 1. The summed E-state index contributed by atoms with van der Waals surface area (Å²) in [4.78, 5) is 14.4. The van der Waals surface area contributed by atoms with E-state index in [1.165, 1.54) is 0 Å². The third kappa shape index (κ3) is 2.73. The second-order valence-corrected chi connectivity index (χ2v) is 5.25. The molecule has 0 spiro atoms. The summed E-state index contributed by atoms with van der Waals surface area (Å²) in [6.07, 6.45) is 1.03. The first-order valence-corrected chi connectivity index (χ1v) is 6.89. The Labute approximate surface area is 114 Å². The van der Waals surface area contributed by atoms with Crippen LogP contribution in [0.5, 0.6) is 5.75 Å². The third-order valence-corrected chi connectivity index (χ3v) is 3.86. The average Bonchev–Trinajstić information content (AvgIpc) is 2.80. The number of phenols is 1. The fourth-order valence-electron chi connectivity index (χ4n) is 2.67. The monoisotopic (exact) mass is 262 g/mol. The zero-order valence-electron chi connectivity index (χ0n) is 11.8. The second kappa shape index (κ2) is 5.61. The van der Waals surface area contributed by atoms with Gasteiger partial charge in [-0.2, -0.15) is 0 Å². The SMILES string of the molecule is CCN(C(=O)C1NCCC1C)c1cc(O)ccc1C. The lowest BCUT2D eigenvalue weighted by atomic mass is 10.0. The van der Waals surface area contributed by atoms with Gasteiger partial charge in [0, 0.05) is 12.6 Å². The van der Waals surface area contributed by atoms with Crippen LogP contribution >= 0.6 is 0 Å². The number of aromatic hydroxyl groups is 1. The van der Waals surface area contributed by atoms with Gasteiger partial charge in [-0.1, -0.05) is 13.0 Å². The summed E-state index contributed by atoms with van der Waals surface area (Å²) in [7, 11) is 0. The van der Waals surface area contributed by atoms with Crippen LogP contribution in [0.15, 0.2) is 18.2 Å². The van der Waals surface area contributed by atoms with Crippen molar-refractivity contribution in [2.75, 3.05) is 18.0 Å². The second-order valence-electron chi connectivity index (χ2n) is 5.25. The summed E-state index contributed by atoms with van der Waals surface area (Å²) >= 11 is 0. The highest BCUT2D eigenvalue weighted by Gasteiger charge is 2.33. The van der Waals surface area contributed by atoms with Crippen LogP contribution in [0.25, 0.3) is 0 Å². The van der Waals surface area contributed by atoms with Gasteiger partial charge in [-0.05, 0) is 44.4 Å². The molecule has 2 unspecified atom stereocenters. The van der Waals surface area contributed by atoms with Crippen molar-refractivity contribution < 1.29 is 9.90 Å². The summed E-state index contributed by atoms with van der Waals surface area (Å²) in [6.45, 7) is 7.52. The van der Waals surface area contributed by atoms with Gasteiger partial charge in [0.1, 0.15) is 5.75 Å².